The van der Waals surface area contributed by atoms with E-state index in [1.807, 2.05) is 18.2 Å². The summed E-state index contributed by atoms with van der Waals surface area (Å²) < 4.78 is 11.3. The van der Waals surface area contributed by atoms with E-state index in [0.29, 0.717) is 0 Å². The van der Waals surface area contributed by atoms with Crippen LogP contribution in [0.3, 0.4) is 0 Å². The molecule has 1 aliphatic rings. The van der Waals surface area contributed by atoms with Gasteiger partial charge in [-0.15, -0.1) is 0 Å². The Hall–Kier alpha value is -1.06. The van der Waals surface area contributed by atoms with Gasteiger partial charge in [0.05, 0.1) is 0 Å². The predicted molar refractivity (Wildman–Crippen MR) is 71.7 cm³/mol. The van der Waals surface area contributed by atoms with Crippen LogP contribution in [0, 0.1) is 5.41 Å². The quantitative estimate of drug-likeness (QED) is 0.742. The molecule has 0 atom stereocenters. The van der Waals surface area contributed by atoms with Crippen LogP contribution >= 0.6 is 0 Å². The molecule has 0 spiro atoms. The van der Waals surface area contributed by atoms with E-state index in [0.717, 1.165) is 19.5 Å². The Bertz CT molecular complexity index is 363. The zero-order valence-corrected chi connectivity index (χ0v) is 10.6. The van der Waals surface area contributed by atoms with Gasteiger partial charge in [0.1, 0.15) is 0 Å². The van der Waals surface area contributed by atoms with E-state index in [4.69, 9.17) is 9.31 Å². The van der Waals surface area contributed by atoms with Crippen LogP contribution in [-0.2, 0) is 9.31 Å². The highest BCUT2D eigenvalue weighted by atomic mass is 16.6. The molecule has 1 aromatic carbocycles. The molecule has 1 saturated heterocycles. The van der Waals surface area contributed by atoms with Crippen molar-refractivity contribution in [2.45, 2.75) is 20.2 Å². The highest BCUT2D eigenvalue weighted by Crippen LogP contribution is 2.22. The Labute approximate surface area is 104 Å². The molecule has 90 valence electrons. The summed E-state index contributed by atoms with van der Waals surface area (Å²) in [5.74, 6) is 0. The molecule has 0 saturated carbocycles. The van der Waals surface area contributed by atoms with Crippen molar-refractivity contribution >= 4 is 13.2 Å². The van der Waals surface area contributed by atoms with Crippen LogP contribution in [0.2, 0.25) is 6.32 Å². The first kappa shape index (κ1) is 12.4. The largest absolute Gasteiger partial charge is 0.460 e. The molecule has 3 heteroatoms. The van der Waals surface area contributed by atoms with Gasteiger partial charge in [-0.25, -0.2) is 0 Å². The summed E-state index contributed by atoms with van der Waals surface area (Å²) in [4.78, 5) is 0. The van der Waals surface area contributed by atoms with Gasteiger partial charge >= 0.3 is 7.12 Å². The molecule has 0 unspecified atom stereocenters. The maximum absolute atomic E-state index is 5.66. The van der Waals surface area contributed by atoms with E-state index in [9.17, 15) is 0 Å². The fourth-order valence-corrected chi connectivity index (χ4v) is 1.74. The second-order valence-electron chi connectivity index (χ2n) is 5.26. The van der Waals surface area contributed by atoms with E-state index in [2.05, 4.69) is 38.1 Å². The minimum atomic E-state index is -0.0806. The molecular formula is C14H19BO2. The lowest BCUT2D eigenvalue weighted by Crippen LogP contribution is -2.40. The standard InChI is InChI=1S/C14H19BO2/c1-14(2)11-16-15(17-12-14)10-6-9-13-7-4-3-5-8-13/h3-9H,10-12H2,1-2H3/b9-6+. The molecule has 1 aromatic rings. The maximum Gasteiger partial charge on any atom is 0.460 e. The lowest BCUT2D eigenvalue weighted by Gasteiger charge is -2.32. The summed E-state index contributed by atoms with van der Waals surface area (Å²) in [6, 6.07) is 10.3. The third-order valence-electron chi connectivity index (χ3n) is 2.76. The van der Waals surface area contributed by atoms with Crippen LogP contribution in [0.15, 0.2) is 36.4 Å². The summed E-state index contributed by atoms with van der Waals surface area (Å²) in [5, 5.41) is 0. The average molecular weight is 230 g/mol. The number of hydrogen-bond donors (Lipinski definition) is 0. The van der Waals surface area contributed by atoms with Crippen molar-refractivity contribution in [1.82, 2.24) is 0 Å². The zero-order valence-electron chi connectivity index (χ0n) is 10.6. The van der Waals surface area contributed by atoms with Gasteiger partial charge in [0.25, 0.3) is 0 Å². The molecule has 0 N–H and O–H groups in total. The maximum atomic E-state index is 5.66. The number of benzene rings is 1. The summed E-state index contributed by atoms with van der Waals surface area (Å²) in [6.07, 6.45) is 5.02. The predicted octanol–water partition coefficient (Wildman–Crippen LogP) is 3.26. The Kier molecular flexibility index (Phi) is 4.03. The molecule has 0 bridgehead atoms. The monoisotopic (exact) mass is 230 g/mol. The van der Waals surface area contributed by atoms with Gasteiger partial charge < -0.3 is 9.31 Å². The first-order chi connectivity index (χ1) is 8.16. The van der Waals surface area contributed by atoms with Crippen molar-refractivity contribution in [3.8, 4) is 0 Å². The van der Waals surface area contributed by atoms with E-state index in [1.165, 1.54) is 5.56 Å². The molecule has 0 amide bonds. The fourth-order valence-electron chi connectivity index (χ4n) is 1.74. The number of hydrogen-bond acceptors (Lipinski definition) is 2. The third-order valence-corrected chi connectivity index (χ3v) is 2.76. The molecule has 2 nitrogen and oxygen atoms in total. The van der Waals surface area contributed by atoms with Crippen molar-refractivity contribution in [2.75, 3.05) is 13.2 Å². The number of allylic oxidation sites excluding steroid dienone is 1. The van der Waals surface area contributed by atoms with Gasteiger partial charge in [-0.2, -0.15) is 0 Å². The molecule has 1 fully saturated rings. The van der Waals surface area contributed by atoms with E-state index in [1.54, 1.807) is 0 Å². The Morgan fingerprint density at radius 1 is 1.18 bits per heavy atom. The van der Waals surface area contributed by atoms with Crippen molar-refractivity contribution in [3.05, 3.63) is 42.0 Å². The Morgan fingerprint density at radius 2 is 1.82 bits per heavy atom. The molecular weight excluding hydrogens is 211 g/mol. The van der Waals surface area contributed by atoms with Gasteiger partial charge in [-0.3, -0.25) is 0 Å². The minimum absolute atomic E-state index is 0.0806. The van der Waals surface area contributed by atoms with E-state index >= 15 is 0 Å². The molecule has 1 heterocycles. The van der Waals surface area contributed by atoms with Crippen molar-refractivity contribution in [1.29, 1.82) is 0 Å². The second-order valence-corrected chi connectivity index (χ2v) is 5.26. The fraction of sp³-hybridized carbons (Fsp3) is 0.429. The highest BCUT2D eigenvalue weighted by molar-refractivity contribution is 6.45. The summed E-state index contributed by atoms with van der Waals surface area (Å²) in [5.41, 5.74) is 1.36. The van der Waals surface area contributed by atoms with Crippen LogP contribution in [-0.4, -0.2) is 20.3 Å². The van der Waals surface area contributed by atoms with Gasteiger partial charge in [-0.05, 0) is 5.56 Å². The smallest absolute Gasteiger partial charge is 0.410 e. The van der Waals surface area contributed by atoms with Crippen LogP contribution < -0.4 is 0 Å². The minimum Gasteiger partial charge on any atom is -0.410 e. The highest BCUT2D eigenvalue weighted by Gasteiger charge is 2.30. The molecule has 0 radical (unpaired) electrons. The van der Waals surface area contributed by atoms with Gasteiger partial charge in [0.15, 0.2) is 0 Å². The average Bonchev–Trinajstić information content (AvgIpc) is 2.33. The first-order valence-electron chi connectivity index (χ1n) is 6.11. The van der Waals surface area contributed by atoms with Crippen molar-refractivity contribution in [2.24, 2.45) is 5.41 Å². The van der Waals surface area contributed by atoms with Crippen LogP contribution in [0.25, 0.3) is 6.08 Å². The Balaban J connectivity index is 1.78. The normalized spacial score (nSPS) is 19.8. The summed E-state index contributed by atoms with van der Waals surface area (Å²) in [6.45, 7) is 5.86. The third kappa shape index (κ3) is 4.02. The lowest BCUT2D eigenvalue weighted by atomic mass is 9.80. The number of rotatable bonds is 3. The van der Waals surface area contributed by atoms with Gasteiger partial charge in [0, 0.05) is 24.9 Å². The topological polar surface area (TPSA) is 18.5 Å². The molecule has 17 heavy (non-hydrogen) atoms. The molecule has 1 aliphatic heterocycles. The first-order valence-corrected chi connectivity index (χ1v) is 6.11. The van der Waals surface area contributed by atoms with Gasteiger partial charge in [-0.1, -0.05) is 56.3 Å². The van der Waals surface area contributed by atoms with Gasteiger partial charge in [0.2, 0.25) is 0 Å². The summed E-state index contributed by atoms with van der Waals surface area (Å²) in [7, 11) is -0.0806. The van der Waals surface area contributed by atoms with Crippen LogP contribution in [0.4, 0.5) is 0 Å². The van der Waals surface area contributed by atoms with E-state index < -0.39 is 0 Å². The van der Waals surface area contributed by atoms with Crippen molar-refractivity contribution < 1.29 is 9.31 Å². The summed E-state index contributed by atoms with van der Waals surface area (Å²) >= 11 is 0. The second kappa shape index (κ2) is 5.52. The molecule has 2 rings (SSSR count). The Morgan fingerprint density at radius 3 is 2.47 bits per heavy atom. The van der Waals surface area contributed by atoms with Crippen LogP contribution in [0.5, 0.6) is 0 Å². The van der Waals surface area contributed by atoms with E-state index in [-0.39, 0.29) is 12.5 Å². The SMILES string of the molecule is CC1(C)COB(C/C=C/c2ccccc2)OC1. The molecule has 0 aromatic heterocycles. The lowest BCUT2D eigenvalue weighted by molar-refractivity contribution is 0.0294. The molecule has 0 aliphatic carbocycles. The zero-order chi connectivity index (χ0) is 12.1. The van der Waals surface area contributed by atoms with Crippen molar-refractivity contribution in [3.63, 3.8) is 0 Å². The van der Waals surface area contributed by atoms with Crippen LogP contribution in [0.1, 0.15) is 19.4 Å².